The van der Waals surface area contributed by atoms with Crippen molar-refractivity contribution in [3.8, 4) is 0 Å². The second kappa shape index (κ2) is 5.11. The number of hydrogen-bond acceptors (Lipinski definition) is 6. The molecule has 0 aliphatic rings. The van der Waals surface area contributed by atoms with E-state index in [1.165, 1.54) is 0 Å². The third-order valence-electron chi connectivity index (χ3n) is 0.714. The molecule has 0 unspecified atom stereocenters. The lowest BCUT2D eigenvalue weighted by Gasteiger charge is -2.00. The maximum Gasteiger partial charge on any atom is 0.834 e. The van der Waals surface area contributed by atoms with Crippen LogP contribution in [-0.4, -0.2) is 32.9 Å². The Morgan fingerprint density at radius 3 is 2.42 bits per heavy atom. The van der Waals surface area contributed by atoms with Gasteiger partial charge in [-0.25, -0.2) is 13.9 Å². The van der Waals surface area contributed by atoms with Crippen LogP contribution < -0.4 is 0 Å². The van der Waals surface area contributed by atoms with Gasteiger partial charge in [-0.15, -0.1) is 0 Å². The van der Waals surface area contributed by atoms with Gasteiger partial charge in [0.1, 0.15) is 0 Å². The van der Waals surface area contributed by atoms with Crippen LogP contribution in [0.5, 0.6) is 0 Å². The molecule has 0 aromatic heterocycles. The fourth-order valence-corrected chi connectivity index (χ4v) is 0.287. The Labute approximate surface area is 66.8 Å². The molecule has 0 bridgehead atoms. The average Bonchev–Trinajstić information content (AvgIpc) is 2.03. The summed E-state index contributed by atoms with van der Waals surface area (Å²) in [5.74, 6) is -2.96. The fraction of sp³-hybridized carbons (Fsp3) is 0.250. The largest absolute Gasteiger partial charge is 0.834 e. The summed E-state index contributed by atoms with van der Waals surface area (Å²) in [6, 6.07) is 0. The molecule has 0 rings (SSSR count). The Balaban J connectivity index is 3.83. The molecule has 0 aliphatic carbocycles. The lowest BCUT2D eigenvalue weighted by molar-refractivity contribution is -0.161. The maximum atomic E-state index is 12.0. The van der Waals surface area contributed by atoms with Gasteiger partial charge in [-0.2, -0.15) is 0 Å². The highest BCUT2D eigenvalue weighted by Gasteiger charge is 2.30. The summed E-state index contributed by atoms with van der Waals surface area (Å²) < 4.78 is 23.0. The number of rotatable bonds is 3. The second-order valence-electron chi connectivity index (χ2n) is 1.40. The lowest BCUT2D eigenvalue weighted by Crippen LogP contribution is -2.27. The zero-order valence-corrected chi connectivity index (χ0v) is 5.98. The summed E-state index contributed by atoms with van der Waals surface area (Å²) in [6.45, 7) is -0.269. The Morgan fingerprint density at radius 1 is 1.42 bits per heavy atom. The van der Waals surface area contributed by atoms with Crippen molar-refractivity contribution in [2.75, 3.05) is 7.11 Å². The Hall–Kier alpha value is -1.60. The van der Waals surface area contributed by atoms with E-state index in [1.807, 2.05) is 0 Å². The van der Waals surface area contributed by atoms with Gasteiger partial charge in [-0.1, -0.05) is 0 Å². The molecule has 0 saturated heterocycles. The minimum atomic E-state index is -2.59. The van der Waals surface area contributed by atoms with Gasteiger partial charge in [0.15, 0.2) is 0 Å². The number of carbonyl (C=O) groups excluding carboxylic acids is 3. The summed E-state index contributed by atoms with van der Waals surface area (Å²) >= 11 is 0. The number of hydrogen-bond donors (Lipinski definition) is 0. The molecule has 0 saturated carbocycles. The van der Waals surface area contributed by atoms with Crippen molar-refractivity contribution in [2.45, 2.75) is 0 Å². The van der Waals surface area contributed by atoms with Gasteiger partial charge in [0, 0.05) is 0 Å². The first-order chi connectivity index (χ1) is 5.61. The van der Waals surface area contributed by atoms with E-state index in [0.717, 1.165) is 7.11 Å². The molecule has 0 aromatic carbocycles. The van der Waals surface area contributed by atoms with Crippen LogP contribution in [0.2, 0.25) is 0 Å². The first-order valence-corrected chi connectivity index (χ1v) is 2.64. The van der Waals surface area contributed by atoms with Crippen LogP contribution in [0, 0.1) is 0 Å². The van der Waals surface area contributed by atoms with Crippen molar-refractivity contribution < 1.29 is 32.7 Å². The highest BCUT2D eigenvalue weighted by atomic mass is 19.1. The van der Waals surface area contributed by atoms with Crippen molar-refractivity contribution in [3.63, 3.8) is 0 Å². The topological polar surface area (TPSA) is 78.9 Å². The number of carbonyl (C=O) groups is 3. The van der Waals surface area contributed by atoms with Gasteiger partial charge in [0.2, 0.25) is 0 Å². The third-order valence-corrected chi connectivity index (χ3v) is 0.714. The molecule has 0 amide bonds. The molecule has 0 heterocycles. The summed E-state index contributed by atoms with van der Waals surface area (Å²) in [7, 11) is -1.67. The molecule has 0 atom stereocenters. The van der Waals surface area contributed by atoms with Crippen molar-refractivity contribution in [1.82, 2.24) is 0 Å². The molecule has 12 heavy (non-hydrogen) atoms. The van der Waals surface area contributed by atoms with Gasteiger partial charge in [-0.3, -0.25) is 4.79 Å². The number of halogens is 1. The van der Waals surface area contributed by atoms with Crippen LogP contribution in [0.1, 0.15) is 0 Å². The van der Waals surface area contributed by atoms with Crippen molar-refractivity contribution in [2.24, 2.45) is 0 Å². The normalized spacial score (nSPS) is 8.17. The predicted octanol–water partition coefficient (Wildman–Crippen LogP) is -1.17. The monoisotopic (exact) mass is 178 g/mol. The van der Waals surface area contributed by atoms with Gasteiger partial charge < -0.3 is 14.0 Å². The minimum absolute atomic E-state index is 0.269. The lowest BCUT2D eigenvalue weighted by atomic mass is 10.3. The zero-order valence-electron chi connectivity index (χ0n) is 5.98. The van der Waals surface area contributed by atoms with E-state index < -0.39 is 19.3 Å². The highest BCUT2D eigenvalue weighted by molar-refractivity contribution is 6.45. The van der Waals surface area contributed by atoms with Crippen LogP contribution in [0.3, 0.4) is 0 Å². The summed E-state index contributed by atoms with van der Waals surface area (Å²) in [4.78, 5) is 30.0. The van der Waals surface area contributed by atoms with E-state index in [9.17, 15) is 18.7 Å². The molecule has 0 fully saturated rings. The number of esters is 1. The number of methoxy groups -OCH3 is 1. The zero-order chi connectivity index (χ0) is 9.56. The quantitative estimate of drug-likeness (QED) is 0.234. The molecule has 0 aliphatic heterocycles. The van der Waals surface area contributed by atoms with Gasteiger partial charge >= 0.3 is 19.3 Å². The Bertz CT molecular complexity index is 194. The van der Waals surface area contributed by atoms with E-state index in [4.69, 9.17) is 0 Å². The first kappa shape index (κ1) is 10.4. The highest BCUT2D eigenvalue weighted by Crippen LogP contribution is 1.91. The minimum Gasteiger partial charge on any atom is -0.472 e. The molecule has 8 heteroatoms. The number of ether oxygens (including phenoxy) is 1. The summed E-state index contributed by atoms with van der Waals surface area (Å²) in [5, 5.41) is 0. The van der Waals surface area contributed by atoms with Crippen LogP contribution in [0.15, 0.2) is 0 Å². The summed E-state index contributed by atoms with van der Waals surface area (Å²) in [5.41, 5.74) is 0. The van der Waals surface area contributed by atoms with Gasteiger partial charge in [0.05, 0.1) is 7.11 Å². The van der Waals surface area contributed by atoms with Crippen LogP contribution in [0.4, 0.5) is 4.32 Å². The van der Waals surface area contributed by atoms with E-state index in [0.29, 0.717) is 0 Å². The maximum absolute atomic E-state index is 12.0. The SMILES string of the molecule is COC(=O)C(=O)OB(F)OC=O. The van der Waals surface area contributed by atoms with E-state index in [2.05, 4.69) is 14.0 Å². The molecule has 0 radical (unpaired) electrons. The third kappa shape index (κ3) is 3.54. The van der Waals surface area contributed by atoms with Gasteiger partial charge in [0.25, 0.3) is 6.47 Å². The molecule has 6 nitrogen and oxygen atoms in total. The molecule has 0 spiro atoms. The van der Waals surface area contributed by atoms with Crippen LogP contribution >= 0.6 is 0 Å². The molecular weight excluding hydrogens is 174 g/mol. The van der Waals surface area contributed by atoms with Crippen molar-refractivity contribution >= 4 is 25.8 Å². The fourth-order valence-electron chi connectivity index (χ4n) is 0.287. The van der Waals surface area contributed by atoms with Gasteiger partial charge in [-0.05, 0) is 0 Å². The molecule has 0 N–H and O–H groups in total. The van der Waals surface area contributed by atoms with Crippen LogP contribution in [-0.2, 0) is 28.4 Å². The average molecular weight is 178 g/mol. The Morgan fingerprint density at radius 2 is 2.00 bits per heavy atom. The van der Waals surface area contributed by atoms with Crippen molar-refractivity contribution in [3.05, 3.63) is 0 Å². The predicted molar refractivity (Wildman–Crippen MR) is 32.1 cm³/mol. The smallest absolute Gasteiger partial charge is 0.472 e. The Kier molecular flexibility index (Phi) is 4.43. The van der Waals surface area contributed by atoms with E-state index in [1.54, 1.807) is 0 Å². The van der Waals surface area contributed by atoms with Crippen LogP contribution in [0.25, 0.3) is 0 Å². The first-order valence-electron chi connectivity index (χ1n) is 2.64. The summed E-state index contributed by atoms with van der Waals surface area (Å²) in [6.07, 6.45) is 0. The van der Waals surface area contributed by atoms with E-state index in [-0.39, 0.29) is 6.47 Å². The second-order valence-corrected chi connectivity index (χ2v) is 1.40. The molecular formula is C4H4BFO6. The standard InChI is InChI=1S/C4H4BFO6/c1-10-3(8)4(9)12-5(6)11-2-7/h2H,1H3. The molecule has 0 aromatic rings. The van der Waals surface area contributed by atoms with Crippen molar-refractivity contribution in [1.29, 1.82) is 0 Å². The molecule has 66 valence electrons. The van der Waals surface area contributed by atoms with E-state index >= 15 is 0 Å².